The lowest BCUT2D eigenvalue weighted by Gasteiger charge is -2.33. The largest absolute Gasteiger partial charge is 0.377 e. The normalized spacial score (nSPS) is 19.3. The molecule has 6 heteroatoms. The van der Waals surface area contributed by atoms with Gasteiger partial charge < -0.3 is 15.0 Å². The molecule has 1 atom stereocenters. The third kappa shape index (κ3) is 3.67. The maximum absolute atomic E-state index is 12.9. The zero-order chi connectivity index (χ0) is 13.8. The number of hydrogen-bond donors (Lipinski definition) is 1. The minimum atomic E-state index is -0.302. The lowest BCUT2D eigenvalue weighted by Crippen LogP contribution is -2.51. The van der Waals surface area contributed by atoms with E-state index in [1.807, 2.05) is 6.92 Å². The Morgan fingerprint density at radius 2 is 2.42 bits per heavy atom. The molecule has 0 radical (unpaired) electrons. The van der Waals surface area contributed by atoms with E-state index in [4.69, 9.17) is 4.74 Å². The van der Waals surface area contributed by atoms with Crippen LogP contribution in [0.3, 0.4) is 0 Å². The summed E-state index contributed by atoms with van der Waals surface area (Å²) in [6.45, 7) is 4.04. The molecule has 1 aromatic rings. The number of morpholine rings is 1. The highest BCUT2D eigenvalue weighted by Gasteiger charge is 2.23. The molecule has 1 saturated heterocycles. The van der Waals surface area contributed by atoms with Crippen LogP contribution < -0.4 is 5.32 Å². The van der Waals surface area contributed by atoms with Gasteiger partial charge >= 0.3 is 6.03 Å². The first-order valence-electron chi connectivity index (χ1n) is 6.14. The van der Waals surface area contributed by atoms with Gasteiger partial charge in [0.15, 0.2) is 0 Å². The Bertz CT molecular complexity index is 470. The van der Waals surface area contributed by atoms with Gasteiger partial charge in [-0.05, 0) is 24.6 Å². The number of urea groups is 1. The third-order valence-corrected chi connectivity index (χ3v) is 3.81. The van der Waals surface area contributed by atoms with Crippen LogP contribution in [-0.2, 0) is 11.3 Å². The summed E-state index contributed by atoms with van der Waals surface area (Å²) in [6, 6.07) is 4.38. The summed E-state index contributed by atoms with van der Waals surface area (Å²) < 4.78 is 18.9. The van der Waals surface area contributed by atoms with Gasteiger partial charge in [0.05, 0.1) is 19.3 Å². The maximum Gasteiger partial charge on any atom is 0.318 e. The molecule has 4 nitrogen and oxygen atoms in total. The summed E-state index contributed by atoms with van der Waals surface area (Å²) >= 11 is 3.28. The smallest absolute Gasteiger partial charge is 0.318 e. The Hall–Kier alpha value is -1.14. The predicted molar refractivity (Wildman–Crippen MR) is 73.3 cm³/mol. The van der Waals surface area contributed by atoms with Crippen LogP contribution in [0.5, 0.6) is 0 Å². The van der Waals surface area contributed by atoms with Crippen molar-refractivity contribution in [1.29, 1.82) is 0 Å². The summed E-state index contributed by atoms with van der Waals surface area (Å²) in [5, 5.41) is 2.84. The van der Waals surface area contributed by atoms with Crippen LogP contribution in [0.1, 0.15) is 12.5 Å². The van der Waals surface area contributed by atoms with Crippen LogP contribution in [-0.4, -0.2) is 36.7 Å². The van der Waals surface area contributed by atoms with E-state index in [-0.39, 0.29) is 17.9 Å². The molecule has 2 amide bonds. The lowest BCUT2D eigenvalue weighted by molar-refractivity contribution is 0.0189. The van der Waals surface area contributed by atoms with Gasteiger partial charge in [-0.2, -0.15) is 0 Å². The average molecular weight is 331 g/mol. The second-order valence-corrected chi connectivity index (χ2v) is 5.37. The van der Waals surface area contributed by atoms with Crippen molar-refractivity contribution < 1.29 is 13.9 Å². The van der Waals surface area contributed by atoms with Gasteiger partial charge in [0, 0.05) is 17.6 Å². The Labute approximate surface area is 120 Å². The summed E-state index contributed by atoms with van der Waals surface area (Å²) in [4.78, 5) is 13.8. The van der Waals surface area contributed by atoms with Crippen LogP contribution in [0.4, 0.5) is 9.18 Å². The van der Waals surface area contributed by atoms with Crippen LogP contribution in [0.25, 0.3) is 0 Å². The maximum atomic E-state index is 12.9. The Balaban J connectivity index is 1.92. The second-order valence-electron chi connectivity index (χ2n) is 4.51. The number of nitrogens with zero attached hydrogens (tertiary/aromatic N) is 1. The summed E-state index contributed by atoms with van der Waals surface area (Å²) in [7, 11) is 0. The molecule has 0 aliphatic carbocycles. The van der Waals surface area contributed by atoms with Crippen molar-refractivity contribution in [2.75, 3.05) is 19.8 Å². The van der Waals surface area contributed by atoms with E-state index in [0.717, 1.165) is 5.56 Å². The SMILES string of the molecule is C[C@@H]1COCCN1C(=O)NCc1ccc(F)cc1Br. The Kier molecular flexibility index (Phi) is 4.76. The van der Waals surface area contributed by atoms with E-state index >= 15 is 0 Å². The predicted octanol–water partition coefficient (Wildman–Crippen LogP) is 2.52. The van der Waals surface area contributed by atoms with Gasteiger partial charge in [-0.1, -0.05) is 22.0 Å². The van der Waals surface area contributed by atoms with Gasteiger partial charge in [-0.3, -0.25) is 0 Å². The molecule has 1 aliphatic heterocycles. The van der Waals surface area contributed by atoms with E-state index in [9.17, 15) is 9.18 Å². The van der Waals surface area contributed by atoms with Crippen molar-refractivity contribution in [3.05, 3.63) is 34.1 Å². The Morgan fingerprint density at radius 1 is 1.63 bits per heavy atom. The first kappa shape index (κ1) is 14.3. The number of nitrogens with one attached hydrogen (secondary N) is 1. The molecule has 19 heavy (non-hydrogen) atoms. The van der Waals surface area contributed by atoms with E-state index < -0.39 is 0 Å². The van der Waals surface area contributed by atoms with Gasteiger partial charge in [0.1, 0.15) is 5.82 Å². The van der Waals surface area contributed by atoms with E-state index in [1.54, 1.807) is 11.0 Å². The molecule has 0 bridgehead atoms. The van der Waals surface area contributed by atoms with Crippen molar-refractivity contribution in [1.82, 2.24) is 10.2 Å². The summed E-state index contributed by atoms with van der Waals surface area (Å²) in [5.41, 5.74) is 0.843. The van der Waals surface area contributed by atoms with Crippen molar-refractivity contribution in [2.24, 2.45) is 0 Å². The first-order valence-corrected chi connectivity index (χ1v) is 6.93. The molecule has 2 rings (SSSR count). The standard InChI is InChI=1S/C13H16BrFN2O2/c1-9-8-19-5-4-17(9)13(18)16-7-10-2-3-11(15)6-12(10)14/h2-3,6,9H,4-5,7-8H2,1H3,(H,16,18)/t9-/m1/s1. The zero-order valence-corrected chi connectivity index (χ0v) is 12.2. The number of carbonyl (C=O) groups is 1. The summed E-state index contributed by atoms with van der Waals surface area (Å²) in [6.07, 6.45) is 0. The molecule has 1 heterocycles. The van der Waals surface area contributed by atoms with Crippen molar-refractivity contribution in [3.63, 3.8) is 0 Å². The minimum Gasteiger partial charge on any atom is -0.377 e. The quantitative estimate of drug-likeness (QED) is 0.905. The second kappa shape index (κ2) is 6.34. The van der Waals surface area contributed by atoms with Gasteiger partial charge in [-0.15, -0.1) is 0 Å². The monoisotopic (exact) mass is 330 g/mol. The highest BCUT2D eigenvalue weighted by atomic mass is 79.9. The Morgan fingerprint density at radius 3 is 3.11 bits per heavy atom. The average Bonchev–Trinajstić information content (AvgIpc) is 2.38. The fourth-order valence-corrected chi connectivity index (χ4v) is 2.46. The molecule has 1 aliphatic rings. The minimum absolute atomic E-state index is 0.0745. The summed E-state index contributed by atoms with van der Waals surface area (Å²) in [5.74, 6) is -0.302. The van der Waals surface area contributed by atoms with Crippen molar-refractivity contribution >= 4 is 22.0 Å². The lowest BCUT2D eigenvalue weighted by atomic mass is 10.2. The van der Waals surface area contributed by atoms with E-state index in [1.165, 1.54) is 12.1 Å². The molecule has 0 saturated carbocycles. The first-order chi connectivity index (χ1) is 9.08. The van der Waals surface area contributed by atoms with Crippen molar-refractivity contribution in [2.45, 2.75) is 19.5 Å². The van der Waals surface area contributed by atoms with Gasteiger partial charge in [0.25, 0.3) is 0 Å². The topological polar surface area (TPSA) is 41.6 Å². The number of halogens is 2. The van der Waals surface area contributed by atoms with Crippen LogP contribution in [0, 0.1) is 5.82 Å². The molecule has 0 aromatic heterocycles. The highest BCUT2D eigenvalue weighted by Crippen LogP contribution is 2.18. The van der Waals surface area contributed by atoms with Crippen LogP contribution in [0.15, 0.2) is 22.7 Å². The zero-order valence-electron chi connectivity index (χ0n) is 10.7. The van der Waals surface area contributed by atoms with E-state index in [2.05, 4.69) is 21.2 Å². The molecule has 1 aromatic carbocycles. The van der Waals surface area contributed by atoms with Gasteiger partial charge in [0.2, 0.25) is 0 Å². The molecule has 104 valence electrons. The van der Waals surface area contributed by atoms with Crippen LogP contribution >= 0.6 is 15.9 Å². The molecule has 0 unspecified atom stereocenters. The number of benzene rings is 1. The number of carbonyl (C=O) groups excluding carboxylic acids is 1. The number of rotatable bonds is 2. The van der Waals surface area contributed by atoms with E-state index in [0.29, 0.717) is 30.8 Å². The van der Waals surface area contributed by atoms with Crippen LogP contribution in [0.2, 0.25) is 0 Å². The fraction of sp³-hybridized carbons (Fsp3) is 0.462. The van der Waals surface area contributed by atoms with Gasteiger partial charge in [-0.25, -0.2) is 9.18 Å². The highest BCUT2D eigenvalue weighted by molar-refractivity contribution is 9.10. The fourth-order valence-electron chi connectivity index (χ4n) is 1.97. The molecule has 0 spiro atoms. The number of hydrogen-bond acceptors (Lipinski definition) is 2. The molecular weight excluding hydrogens is 315 g/mol. The molecule has 1 N–H and O–H groups in total. The molecular formula is C13H16BrFN2O2. The number of amides is 2. The number of ether oxygens (including phenoxy) is 1. The van der Waals surface area contributed by atoms with Crippen molar-refractivity contribution in [3.8, 4) is 0 Å². The molecule has 1 fully saturated rings. The third-order valence-electron chi connectivity index (χ3n) is 3.07.